The standard InChI is InChI=1S/C27H27N3O2/c31-27(26(23-7-3-1-4-8-23)24-9-5-2-6-10-24)30-15-16-32-20-22(19-30)17-21-11-12-25-28-13-14-29(25)18-21/h1-14,18,22,26H,15-17,19-20H2/t22-/m1/s1. The van der Waals surface area contributed by atoms with Gasteiger partial charge in [0.15, 0.2) is 0 Å². The Morgan fingerprint density at radius 2 is 1.72 bits per heavy atom. The average molecular weight is 426 g/mol. The monoisotopic (exact) mass is 425 g/mol. The van der Waals surface area contributed by atoms with Crippen LogP contribution >= 0.6 is 0 Å². The molecule has 0 bridgehead atoms. The predicted octanol–water partition coefficient (Wildman–Crippen LogP) is 4.18. The van der Waals surface area contributed by atoms with Crippen molar-refractivity contribution in [1.82, 2.24) is 14.3 Å². The molecule has 5 rings (SSSR count). The van der Waals surface area contributed by atoms with Crippen LogP contribution in [-0.4, -0.2) is 46.5 Å². The Balaban J connectivity index is 1.38. The molecule has 32 heavy (non-hydrogen) atoms. The average Bonchev–Trinajstić information content (AvgIpc) is 3.18. The van der Waals surface area contributed by atoms with E-state index in [0.717, 1.165) is 23.2 Å². The highest BCUT2D eigenvalue weighted by molar-refractivity contribution is 5.87. The highest BCUT2D eigenvalue weighted by Crippen LogP contribution is 2.28. The first kappa shape index (κ1) is 20.5. The normalized spacial score (nSPS) is 16.9. The first-order chi connectivity index (χ1) is 15.8. The Morgan fingerprint density at radius 1 is 1.00 bits per heavy atom. The predicted molar refractivity (Wildman–Crippen MR) is 125 cm³/mol. The van der Waals surface area contributed by atoms with Gasteiger partial charge in [0.1, 0.15) is 5.65 Å². The van der Waals surface area contributed by atoms with Gasteiger partial charge in [-0.15, -0.1) is 0 Å². The van der Waals surface area contributed by atoms with Crippen molar-refractivity contribution in [2.24, 2.45) is 5.92 Å². The van der Waals surface area contributed by atoms with Crippen molar-refractivity contribution in [3.63, 3.8) is 0 Å². The highest BCUT2D eigenvalue weighted by atomic mass is 16.5. The number of carbonyl (C=O) groups is 1. The third kappa shape index (κ3) is 4.43. The van der Waals surface area contributed by atoms with Crippen LogP contribution in [0.1, 0.15) is 22.6 Å². The fraction of sp³-hybridized carbons (Fsp3) is 0.259. The fourth-order valence-corrected chi connectivity index (χ4v) is 4.58. The molecule has 1 aliphatic heterocycles. The number of fused-ring (bicyclic) bond motifs is 1. The molecule has 3 heterocycles. The van der Waals surface area contributed by atoms with Gasteiger partial charge in [-0.2, -0.15) is 0 Å². The van der Waals surface area contributed by atoms with E-state index in [4.69, 9.17) is 4.74 Å². The van der Waals surface area contributed by atoms with Gasteiger partial charge in [0.05, 0.1) is 19.1 Å². The van der Waals surface area contributed by atoms with Gasteiger partial charge in [-0.05, 0) is 29.2 Å². The van der Waals surface area contributed by atoms with E-state index in [2.05, 4.69) is 17.2 Å². The molecule has 1 saturated heterocycles. The molecule has 0 spiro atoms. The zero-order valence-corrected chi connectivity index (χ0v) is 18.0. The van der Waals surface area contributed by atoms with Crippen LogP contribution in [0.3, 0.4) is 0 Å². The first-order valence-electron chi connectivity index (χ1n) is 11.2. The van der Waals surface area contributed by atoms with Crippen molar-refractivity contribution >= 4 is 11.6 Å². The quantitative estimate of drug-likeness (QED) is 0.482. The van der Waals surface area contributed by atoms with Crippen molar-refractivity contribution in [1.29, 1.82) is 0 Å². The Kier molecular flexibility index (Phi) is 5.99. The zero-order valence-electron chi connectivity index (χ0n) is 18.0. The number of imidazole rings is 1. The van der Waals surface area contributed by atoms with Crippen LogP contribution < -0.4 is 0 Å². The van der Waals surface area contributed by atoms with Crippen LogP contribution in [0.2, 0.25) is 0 Å². The number of amides is 1. The Bertz CT molecular complexity index is 1130. The molecule has 1 atom stereocenters. The van der Waals surface area contributed by atoms with Crippen LogP contribution in [-0.2, 0) is 16.0 Å². The largest absolute Gasteiger partial charge is 0.379 e. The number of carbonyl (C=O) groups excluding carboxylic acids is 1. The summed E-state index contributed by atoms with van der Waals surface area (Å²) in [4.78, 5) is 20.2. The smallest absolute Gasteiger partial charge is 0.234 e. The summed E-state index contributed by atoms with van der Waals surface area (Å²) in [6.45, 7) is 2.54. The van der Waals surface area contributed by atoms with Crippen molar-refractivity contribution in [2.75, 3.05) is 26.3 Å². The summed E-state index contributed by atoms with van der Waals surface area (Å²) in [6, 6.07) is 24.3. The lowest BCUT2D eigenvalue weighted by Gasteiger charge is -2.28. The minimum atomic E-state index is -0.307. The molecule has 5 nitrogen and oxygen atoms in total. The Labute approximate surface area is 188 Å². The summed E-state index contributed by atoms with van der Waals surface area (Å²) in [5.41, 5.74) is 4.21. The maximum absolute atomic E-state index is 13.8. The van der Waals surface area contributed by atoms with Crippen LogP contribution in [0.15, 0.2) is 91.4 Å². The molecule has 0 saturated carbocycles. The summed E-state index contributed by atoms with van der Waals surface area (Å²) in [6.07, 6.45) is 6.75. The molecule has 0 radical (unpaired) electrons. The van der Waals surface area contributed by atoms with Gasteiger partial charge in [-0.1, -0.05) is 66.7 Å². The molecule has 0 aliphatic carbocycles. The first-order valence-corrected chi connectivity index (χ1v) is 11.2. The number of aromatic nitrogens is 2. The van der Waals surface area contributed by atoms with E-state index in [-0.39, 0.29) is 17.7 Å². The summed E-state index contributed by atoms with van der Waals surface area (Å²) in [5.74, 6) is 0.0797. The second kappa shape index (κ2) is 9.37. The number of hydrogen-bond donors (Lipinski definition) is 0. The Morgan fingerprint density at radius 3 is 2.44 bits per heavy atom. The van der Waals surface area contributed by atoms with Crippen LogP contribution in [0, 0.1) is 5.92 Å². The van der Waals surface area contributed by atoms with Crippen molar-refractivity contribution < 1.29 is 9.53 Å². The van der Waals surface area contributed by atoms with Gasteiger partial charge in [-0.3, -0.25) is 4.79 Å². The van der Waals surface area contributed by atoms with Gasteiger partial charge in [0.2, 0.25) is 5.91 Å². The molecule has 1 aliphatic rings. The van der Waals surface area contributed by atoms with E-state index in [1.165, 1.54) is 5.56 Å². The minimum Gasteiger partial charge on any atom is -0.379 e. The third-order valence-corrected chi connectivity index (χ3v) is 6.14. The lowest BCUT2D eigenvalue weighted by molar-refractivity contribution is -0.132. The molecule has 1 amide bonds. The van der Waals surface area contributed by atoms with Gasteiger partial charge in [0, 0.05) is 37.6 Å². The van der Waals surface area contributed by atoms with Gasteiger partial charge >= 0.3 is 0 Å². The third-order valence-electron chi connectivity index (χ3n) is 6.14. The van der Waals surface area contributed by atoms with Crippen LogP contribution in [0.25, 0.3) is 5.65 Å². The number of rotatable bonds is 5. The van der Waals surface area contributed by atoms with E-state index < -0.39 is 0 Å². The number of benzene rings is 2. The lowest BCUT2D eigenvalue weighted by atomic mass is 9.89. The SMILES string of the molecule is O=C(C(c1ccccc1)c1ccccc1)N1CCOC[C@H](Cc2ccc3nccn3c2)C1. The molecule has 0 unspecified atom stereocenters. The summed E-state index contributed by atoms with van der Waals surface area (Å²) < 4.78 is 7.95. The topological polar surface area (TPSA) is 46.8 Å². The number of pyridine rings is 1. The summed E-state index contributed by atoms with van der Waals surface area (Å²) in [5, 5.41) is 0. The number of ether oxygens (including phenoxy) is 1. The second-order valence-corrected chi connectivity index (χ2v) is 8.41. The molecule has 0 N–H and O–H groups in total. The van der Waals surface area contributed by atoms with E-state index in [0.29, 0.717) is 26.3 Å². The van der Waals surface area contributed by atoms with E-state index >= 15 is 0 Å². The molecule has 5 heteroatoms. The molecule has 2 aromatic heterocycles. The lowest BCUT2D eigenvalue weighted by Crippen LogP contribution is -2.39. The highest BCUT2D eigenvalue weighted by Gasteiger charge is 2.30. The van der Waals surface area contributed by atoms with E-state index in [9.17, 15) is 4.79 Å². The van der Waals surface area contributed by atoms with E-state index in [1.807, 2.05) is 88.4 Å². The van der Waals surface area contributed by atoms with Crippen molar-refractivity contribution in [3.05, 3.63) is 108 Å². The van der Waals surface area contributed by atoms with Crippen molar-refractivity contribution in [3.8, 4) is 0 Å². The summed E-state index contributed by atoms with van der Waals surface area (Å²) in [7, 11) is 0. The van der Waals surface area contributed by atoms with Gasteiger partial charge in [0.25, 0.3) is 0 Å². The molecular weight excluding hydrogens is 398 g/mol. The van der Waals surface area contributed by atoms with Crippen LogP contribution in [0.4, 0.5) is 0 Å². The molecular formula is C27H27N3O2. The van der Waals surface area contributed by atoms with E-state index in [1.54, 1.807) is 0 Å². The van der Waals surface area contributed by atoms with Gasteiger partial charge in [-0.25, -0.2) is 4.98 Å². The minimum absolute atomic E-state index is 0.142. The maximum atomic E-state index is 13.8. The van der Waals surface area contributed by atoms with Crippen molar-refractivity contribution in [2.45, 2.75) is 12.3 Å². The Hall–Kier alpha value is -3.44. The number of nitrogens with zero attached hydrogens (tertiary/aromatic N) is 3. The fourth-order valence-electron chi connectivity index (χ4n) is 4.58. The molecule has 162 valence electrons. The molecule has 1 fully saturated rings. The molecule has 2 aromatic carbocycles. The van der Waals surface area contributed by atoms with Gasteiger partial charge < -0.3 is 14.0 Å². The zero-order chi connectivity index (χ0) is 21.8. The number of hydrogen-bond acceptors (Lipinski definition) is 3. The second-order valence-electron chi connectivity index (χ2n) is 8.41. The summed E-state index contributed by atoms with van der Waals surface area (Å²) >= 11 is 0. The molecule has 4 aromatic rings. The van der Waals surface area contributed by atoms with Crippen LogP contribution in [0.5, 0.6) is 0 Å². The maximum Gasteiger partial charge on any atom is 0.234 e.